The van der Waals surface area contributed by atoms with Gasteiger partial charge in [0, 0.05) is 6.61 Å². The van der Waals surface area contributed by atoms with Crippen molar-refractivity contribution in [2.24, 2.45) is 5.92 Å². The van der Waals surface area contributed by atoms with Crippen LogP contribution in [-0.2, 0) is 11.1 Å². The smallest absolute Gasteiger partial charge is 0.159 e. The summed E-state index contributed by atoms with van der Waals surface area (Å²) in [4.78, 5) is 0. The molecule has 1 fully saturated rings. The molecule has 0 amide bonds. The maximum Gasteiger partial charge on any atom is 0.159 e. The van der Waals surface area contributed by atoms with E-state index in [0.717, 1.165) is 12.8 Å². The predicted octanol–water partition coefficient (Wildman–Crippen LogP) is 0.369. The first kappa shape index (κ1) is 8.17. The lowest BCUT2D eigenvalue weighted by molar-refractivity contribution is 0.227. The lowest BCUT2D eigenvalue weighted by Gasteiger charge is -2.16. The summed E-state index contributed by atoms with van der Waals surface area (Å²) >= 11 is -1.75. The predicted molar refractivity (Wildman–Crippen MR) is 39.0 cm³/mol. The third-order valence-electron chi connectivity index (χ3n) is 2.26. The molecule has 0 radical (unpaired) electrons. The van der Waals surface area contributed by atoms with Gasteiger partial charge < -0.3 is 9.66 Å². The minimum absolute atomic E-state index is 0.00625. The monoisotopic (exact) mass is 164 g/mol. The van der Waals surface area contributed by atoms with E-state index in [9.17, 15) is 4.21 Å². The lowest BCUT2D eigenvalue weighted by Crippen LogP contribution is -2.27. The summed E-state index contributed by atoms with van der Waals surface area (Å²) in [7, 11) is 0. The number of hydrogen-bond donors (Lipinski definition) is 2. The van der Waals surface area contributed by atoms with Crippen molar-refractivity contribution >= 4 is 11.1 Å². The molecule has 0 spiro atoms. The van der Waals surface area contributed by atoms with E-state index in [1.807, 2.05) is 0 Å². The molecule has 1 saturated carbocycles. The quantitative estimate of drug-likeness (QED) is 0.592. The molecule has 0 aromatic carbocycles. The molecule has 10 heavy (non-hydrogen) atoms. The van der Waals surface area contributed by atoms with Crippen LogP contribution in [-0.4, -0.2) is 25.2 Å². The molecular weight excluding hydrogens is 152 g/mol. The van der Waals surface area contributed by atoms with E-state index in [-0.39, 0.29) is 12.5 Å². The van der Waals surface area contributed by atoms with E-state index in [1.165, 1.54) is 0 Å². The molecule has 0 aromatic heterocycles. The third-order valence-corrected chi connectivity index (χ3v) is 3.77. The molecule has 0 aliphatic heterocycles. The summed E-state index contributed by atoms with van der Waals surface area (Å²) in [5.74, 6) is -0.0432. The zero-order valence-corrected chi connectivity index (χ0v) is 6.73. The van der Waals surface area contributed by atoms with Crippen LogP contribution < -0.4 is 0 Å². The molecule has 2 unspecified atom stereocenters. The Labute approximate surface area is 62.7 Å². The van der Waals surface area contributed by atoms with E-state index in [2.05, 4.69) is 0 Å². The molecule has 60 valence electrons. The van der Waals surface area contributed by atoms with Crippen LogP contribution >= 0.6 is 0 Å². The minimum atomic E-state index is -1.75. The van der Waals surface area contributed by atoms with E-state index < -0.39 is 15.8 Å². The molecule has 1 aliphatic carbocycles. The van der Waals surface area contributed by atoms with Crippen LogP contribution in [0.2, 0.25) is 0 Å². The fourth-order valence-corrected chi connectivity index (χ4v) is 2.00. The average Bonchev–Trinajstić information content (AvgIpc) is 2.65. The van der Waals surface area contributed by atoms with Gasteiger partial charge in [-0.05, 0) is 18.8 Å². The van der Waals surface area contributed by atoms with Crippen molar-refractivity contribution in [1.82, 2.24) is 0 Å². The summed E-state index contributed by atoms with van der Waals surface area (Å²) in [5, 5.41) is 8.71. The molecule has 0 aromatic rings. The maximum atomic E-state index is 10.7. The highest BCUT2D eigenvalue weighted by Crippen LogP contribution is 2.46. The van der Waals surface area contributed by atoms with Gasteiger partial charge >= 0.3 is 0 Å². The normalized spacial score (nSPS) is 27.5. The second-order valence-electron chi connectivity index (χ2n) is 2.90. The molecule has 0 bridgehead atoms. The zero-order chi connectivity index (χ0) is 7.78. The van der Waals surface area contributed by atoms with Crippen LogP contribution in [0.15, 0.2) is 0 Å². The van der Waals surface area contributed by atoms with Crippen molar-refractivity contribution in [2.75, 3.05) is 6.61 Å². The second-order valence-corrected chi connectivity index (χ2v) is 4.21. The highest BCUT2D eigenvalue weighted by atomic mass is 32.2. The SMILES string of the molecule is CC(CO)C1(S(=O)O)CC1. The van der Waals surface area contributed by atoms with Gasteiger partial charge in [-0.2, -0.15) is 0 Å². The van der Waals surface area contributed by atoms with Gasteiger partial charge in [0.25, 0.3) is 0 Å². The van der Waals surface area contributed by atoms with E-state index in [0.29, 0.717) is 0 Å². The standard InChI is InChI=1S/C6H12O3S/c1-5(4-7)6(2-3-6)10(8)9/h5,7H,2-4H2,1H3,(H,8,9). The van der Waals surface area contributed by atoms with Crippen LogP contribution in [0.3, 0.4) is 0 Å². The third kappa shape index (κ3) is 1.11. The van der Waals surface area contributed by atoms with Crippen molar-refractivity contribution in [3.63, 3.8) is 0 Å². The Morgan fingerprint density at radius 2 is 2.20 bits per heavy atom. The summed E-state index contributed by atoms with van der Waals surface area (Å²) in [6.45, 7) is 1.81. The Kier molecular flexibility index (Phi) is 2.12. The molecule has 2 atom stereocenters. The van der Waals surface area contributed by atoms with Crippen LogP contribution in [0, 0.1) is 5.92 Å². The van der Waals surface area contributed by atoms with Crippen molar-refractivity contribution in [3.05, 3.63) is 0 Å². The van der Waals surface area contributed by atoms with Gasteiger partial charge in [0.2, 0.25) is 0 Å². The van der Waals surface area contributed by atoms with Crippen molar-refractivity contribution < 1.29 is 13.9 Å². The molecule has 0 saturated heterocycles. The summed E-state index contributed by atoms with van der Waals surface area (Å²) < 4.78 is 19.0. The van der Waals surface area contributed by atoms with Gasteiger partial charge in [-0.15, -0.1) is 0 Å². The summed E-state index contributed by atoms with van der Waals surface area (Å²) in [5.41, 5.74) is 0. The molecular formula is C6H12O3S. The molecule has 1 aliphatic rings. The first-order valence-electron chi connectivity index (χ1n) is 3.35. The van der Waals surface area contributed by atoms with Crippen LogP contribution in [0.1, 0.15) is 19.8 Å². The zero-order valence-electron chi connectivity index (χ0n) is 5.91. The number of aliphatic hydroxyl groups is 1. The fraction of sp³-hybridized carbons (Fsp3) is 1.00. The molecule has 1 rings (SSSR count). The second kappa shape index (κ2) is 2.60. The number of aliphatic hydroxyl groups excluding tert-OH is 1. The molecule has 0 heterocycles. The summed E-state index contributed by atoms with van der Waals surface area (Å²) in [6, 6.07) is 0. The van der Waals surface area contributed by atoms with Gasteiger partial charge in [-0.3, -0.25) is 0 Å². The average molecular weight is 164 g/mol. The lowest BCUT2D eigenvalue weighted by atomic mass is 10.1. The van der Waals surface area contributed by atoms with Crippen LogP contribution in [0.4, 0.5) is 0 Å². The largest absolute Gasteiger partial charge is 0.396 e. The molecule has 4 heteroatoms. The molecule has 2 N–H and O–H groups in total. The van der Waals surface area contributed by atoms with Crippen LogP contribution in [0.5, 0.6) is 0 Å². The first-order valence-corrected chi connectivity index (χ1v) is 4.46. The summed E-state index contributed by atoms with van der Waals surface area (Å²) in [6.07, 6.45) is 1.55. The van der Waals surface area contributed by atoms with E-state index >= 15 is 0 Å². The van der Waals surface area contributed by atoms with Crippen LogP contribution in [0.25, 0.3) is 0 Å². The van der Waals surface area contributed by atoms with Gasteiger partial charge in [-0.1, -0.05) is 6.92 Å². The fourth-order valence-electron chi connectivity index (χ4n) is 1.13. The van der Waals surface area contributed by atoms with Crippen molar-refractivity contribution in [1.29, 1.82) is 0 Å². The minimum Gasteiger partial charge on any atom is -0.396 e. The van der Waals surface area contributed by atoms with Gasteiger partial charge in [0.05, 0.1) is 4.75 Å². The van der Waals surface area contributed by atoms with Crippen molar-refractivity contribution in [3.8, 4) is 0 Å². The van der Waals surface area contributed by atoms with E-state index in [1.54, 1.807) is 6.92 Å². The Hall–Kier alpha value is 0.0700. The van der Waals surface area contributed by atoms with Crippen molar-refractivity contribution in [2.45, 2.75) is 24.5 Å². The molecule has 3 nitrogen and oxygen atoms in total. The highest BCUT2D eigenvalue weighted by Gasteiger charge is 2.52. The Balaban J connectivity index is 2.60. The van der Waals surface area contributed by atoms with Gasteiger partial charge in [0.1, 0.15) is 0 Å². The Morgan fingerprint density at radius 1 is 1.70 bits per heavy atom. The first-order chi connectivity index (χ1) is 4.63. The Morgan fingerprint density at radius 3 is 2.30 bits per heavy atom. The topological polar surface area (TPSA) is 57.5 Å². The van der Waals surface area contributed by atoms with E-state index in [4.69, 9.17) is 9.66 Å². The number of hydrogen-bond acceptors (Lipinski definition) is 2. The van der Waals surface area contributed by atoms with Gasteiger partial charge in [0.15, 0.2) is 11.1 Å². The van der Waals surface area contributed by atoms with Gasteiger partial charge in [-0.25, -0.2) is 4.21 Å². The highest BCUT2D eigenvalue weighted by molar-refractivity contribution is 7.81. The maximum absolute atomic E-state index is 10.7. The number of rotatable bonds is 3. The Bertz CT molecular complexity index is 153.